The molecule has 2 atom stereocenters. The van der Waals surface area contributed by atoms with Crippen LogP contribution in [0.5, 0.6) is 0 Å². The Labute approximate surface area is 128 Å². The van der Waals surface area contributed by atoms with Gasteiger partial charge in [0.05, 0.1) is 11.7 Å². The number of carboxylic acid groups (broad SMARTS) is 1. The van der Waals surface area contributed by atoms with Crippen molar-refractivity contribution in [2.24, 2.45) is 11.1 Å². The number of carbonyl (C=O) groups is 2. The molecular weight excluding hydrogens is 288 g/mol. The third kappa shape index (κ3) is 3.22. The second kappa shape index (κ2) is 5.69. The van der Waals surface area contributed by atoms with Crippen LogP contribution in [0.3, 0.4) is 0 Å². The maximum absolute atomic E-state index is 12.6. The predicted octanol–water partition coefficient (Wildman–Crippen LogP) is 1.95. The summed E-state index contributed by atoms with van der Waals surface area (Å²) < 4.78 is 0. The molecule has 0 aromatic heterocycles. The van der Waals surface area contributed by atoms with Gasteiger partial charge in [0, 0.05) is 10.1 Å². The van der Waals surface area contributed by atoms with Crippen LogP contribution in [0.1, 0.15) is 20.8 Å². The zero-order valence-electron chi connectivity index (χ0n) is 12.4. The van der Waals surface area contributed by atoms with Gasteiger partial charge in [-0.1, -0.05) is 32.9 Å². The van der Waals surface area contributed by atoms with Gasteiger partial charge < -0.3 is 10.8 Å². The minimum atomic E-state index is -1.05. The van der Waals surface area contributed by atoms with E-state index in [2.05, 4.69) is 0 Å². The van der Waals surface area contributed by atoms with Crippen LogP contribution < -0.4 is 10.6 Å². The first-order chi connectivity index (χ1) is 9.71. The van der Waals surface area contributed by atoms with Crippen molar-refractivity contribution in [3.63, 3.8) is 0 Å². The van der Waals surface area contributed by atoms with Gasteiger partial charge in [0.25, 0.3) is 0 Å². The topological polar surface area (TPSA) is 83.6 Å². The molecule has 0 saturated heterocycles. The number of benzene rings is 1. The van der Waals surface area contributed by atoms with E-state index < -0.39 is 12.0 Å². The Morgan fingerprint density at radius 3 is 2.57 bits per heavy atom. The number of nitrogens with zero attached hydrogens (tertiary/aromatic N) is 1. The molecule has 1 unspecified atom stereocenters. The highest BCUT2D eigenvalue weighted by atomic mass is 32.2. The van der Waals surface area contributed by atoms with Crippen LogP contribution in [-0.4, -0.2) is 34.8 Å². The summed E-state index contributed by atoms with van der Waals surface area (Å²) in [5, 5.41) is 8.95. The van der Waals surface area contributed by atoms with Crippen molar-refractivity contribution >= 4 is 29.3 Å². The Bertz CT molecular complexity index is 568. The first-order valence-corrected chi connectivity index (χ1v) is 7.64. The highest BCUT2D eigenvalue weighted by Gasteiger charge is 2.41. The Morgan fingerprint density at radius 2 is 2.00 bits per heavy atom. The predicted molar refractivity (Wildman–Crippen MR) is 83.5 cm³/mol. The average Bonchev–Trinajstić information content (AvgIpc) is 2.48. The fourth-order valence-corrected chi connectivity index (χ4v) is 3.78. The number of nitrogens with two attached hydrogens (primary N) is 1. The fourth-order valence-electron chi connectivity index (χ4n) is 2.43. The van der Waals surface area contributed by atoms with E-state index in [1.54, 1.807) is 23.9 Å². The molecule has 1 amide bonds. The lowest BCUT2D eigenvalue weighted by Crippen LogP contribution is -2.52. The first-order valence-electron chi connectivity index (χ1n) is 6.76. The highest BCUT2D eigenvalue weighted by molar-refractivity contribution is 8.00. The van der Waals surface area contributed by atoms with E-state index in [4.69, 9.17) is 10.8 Å². The van der Waals surface area contributed by atoms with E-state index in [0.717, 1.165) is 4.90 Å². The number of anilines is 1. The molecule has 0 radical (unpaired) electrons. The summed E-state index contributed by atoms with van der Waals surface area (Å²) in [5.41, 5.74) is 6.60. The van der Waals surface area contributed by atoms with Crippen LogP contribution in [0.25, 0.3) is 0 Å². The van der Waals surface area contributed by atoms with E-state index in [1.807, 2.05) is 32.9 Å². The molecule has 1 aromatic rings. The largest absolute Gasteiger partial charge is 0.480 e. The number of hydrogen-bond acceptors (Lipinski definition) is 4. The van der Waals surface area contributed by atoms with Gasteiger partial charge in [-0.25, -0.2) is 0 Å². The Hall–Kier alpha value is -1.53. The summed E-state index contributed by atoms with van der Waals surface area (Å²) in [4.78, 5) is 25.9. The zero-order chi connectivity index (χ0) is 15.8. The van der Waals surface area contributed by atoms with Crippen molar-refractivity contribution in [1.82, 2.24) is 0 Å². The van der Waals surface area contributed by atoms with Gasteiger partial charge in [-0.15, -0.1) is 11.8 Å². The number of carbonyl (C=O) groups excluding carboxylic acids is 1. The number of fused-ring (bicyclic) bond motifs is 1. The van der Waals surface area contributed by atoms with E-state index in [0.29, 0.717) is 5.69 Å². The minimum Gasteiger partial charge on any atom is -0.480 e. The summed E-state index contributed by atoms with van der Waals surface area (Å²) in [6.45, 7) is 5.73. The summed E-state index contributed by atoms with van der Waals surface area (Å²) in [6.07, 6.45) is 0. The monoisotopic (exact) mass is 308 g/mol. The third-order valence-electron chi connectivity index (χ3n) is 3.43. The lowest BCUT2D eigenvalue weighted by Gasteiger charge is -2.33. The van der Waals surface area contributed by atoms with Crippen LogP contribution in [0.4, 0.5) is 5.69 Å². The van der Waals surface area contributed by atoms with E-state index in [1.165, 1.54) is 4.90 Å². The van der Waals surface area contributed by atoms with Crippen molar-refractivity contribution in [2.75, 3.05) is 11.4 Å². The molecule has 1 aromatic carbocycles. The minimum absolute atomic E-state index is 0.120. The summed E-state index contributed by atoms with van der Waals surface area (Å²) in [5.74, 6) is -1.39. The molecule has 0 spiro atoms. The lowest BCUT2D eigenvalue weighted by molar-refractivity contribution is -0.136. The SMILES string of the molecule is CC(C)(C)C1Sc2ccccc2N(CC(=O)O)C(=O)[C@H]1N. The molecule has 1 aliphatic heterocycles. The molecule has 0 fully saturated rings. The van der Waals surface area contributed by atoms with Crippen molar-refractivity contribution < 1.29 is 14.7 Å². The molecule has 0 aliphatic carbocycles. The molecular formula is C15H20N2O3S. The van der Waals surface area contributed by atoms with Crippen molar-refractivity contribution in [3.8, 4) is 0 Å². The van der Waals surface area contributed by atoms with Gasteiger partial charge in [0.1, 0.15) is 6.54 Å². The van der Waals surface area contributed by atoms with Crippen molar-refractivity contribution in [1.29, 1.82) is 0 Å². The second-order valence-electron chi connectivity index (χ2n) is 6.22. The quantitative estimate of drug-likeness (QED) is 0.872. The first kappa shape index (κ1) is 15.9. The maximum Gasteiger partial charge on any atom is 0.323 e. The number of amides is 1. The van der Waals surface area contributed by atoms with E-state index >= 15 is 0 Å². The molecule has 1 heterocycles. The summed E-state index contributed by atoms with van der Waals surface area (Å²) in [6, 6.07) is 6.61. The Morgan fingerprint density at radius 1 is 1.38 bits per heavy atom. The highest BCUT2D eigenvalue weighted by Crippen LogP contribution is 2.43. The Balaban J connectivity index is 2.52. The number of thioether (sulfide) groups is 1. The average molecular weight is 308 g/mol. The molecule has 5 nitrogen and oxygen atoms in total. The molecule has 0 saturated carbocycles. The maximum atomic E-state index is 12.6. The molecule has 21 heavy (non-hydrogen) atoms. The zero-order valence-corrected chi connectivity index (χ0v) is 13.2. The van der Waals surface area contributed by atoms with Crippen LogP contribution in [-0.2, 0) is 9.59 Å². The normalized spacial score (nSPS) is 22.7. The second-order valence-corrected chi connectivity index (χ2v) is 7.40. The summed E-state index contributed by atoms with van der Waals surface area (Å²) in [7, 11) is 0. The van der Waals surface area contributed by atoms with Gasteiger partial charge in [-0.3, -0.25) is 14.5 Å². The molecule has 0 bridgehead atoms. The van der Waals surface area contributed by atoms with Gasteiger partial charge in [-0.05, 0) is 17.5 Å². The fraction of sp³-hybridized carbons (Fsp3) is 0.467. The van der Waals surface area contributed by atoms with E-state index in [9.17, 15) is 9.59 Å². The van der Waals surface area contributed by atoms with Gasteiger partial charge in [0.15, 0.2) is 0 Å². The molecule has 1 aliphatic rings. The number of rotatable bonds is 2. The lowest BCUT2D eigenvalue weighted by atomic mass is 9.87. The molecule has 6 heteroatoms. The van der Waals surface area contributed by atoms with E-state index in [-0.39, 0.29) is 23.1 Å². The smallest absolute Gasteiger partial charge is 0.323 e. The number of carboxylic acids is 1. The van der Waals surface area contributed by atoms with Crippen molar-refractivity contribution in [3.05, 3.63) is 24.3 Å². The standard InChI is InChI=1S/C15H20N2O3S/c1-15(2,3)13-12(16)14(20)17(8-11(18)19)9-6-4-5-7-10(9)21-13/h4-7,12-13H,8,16H2,1-3H3,(H,18,19)/t12-,13?/m0/s1. The van der Waals surface area contributed by atoms with Crippen LogP contribution in [0, 0.1) is 5.41 Å². The number of para-hydroxylation sites is 1. The summed E-state index contributed by atoms with van der Waals surface area (Å²) >= 11 is 1.55. The third-order valence-corrected chi connectivity index (χ3v) is 5.29. The number of hydrogen-bond donors (Lipinski definition) is 2. The van der Waals surface area contributed by atoms with Crippen molar-refractivity contribution in [2.45, 2.75) is 37.0 Å². The van der Waals surface area contributed by atoms with Crippen LogP contribution in [0.2, 0.25) is 0 Å². The number of aliphatic carboxylic acids is 1. The van der Waals surface area contributed by atoms with Gasteiger partial charge in [0.2, 0.25) is 5.91 Å². The van der Waals surface area contributed by atoms with Crippen LogP contribution in [0.15, 0.2) is 29.2 Å². The molecule has 3 N–H and O–H groups in total. The van der Waals surface area contributed by atoms with Gasteiger partial charge in [-0.2, -0.15) is 0 Å². The van der Waals surface area contributed by atoms with Crippen LogP contribution >= 0.6 is 11.8 Å². The van der Waals surface area contributed by atoms with Gasteiger partial charge >= 0.3 is 5.97 Å². The Kier molecular flexibility index (Phi) is 4.30. The molecule has 114 valence electrons. The molecule has 2 rings (SSSR count).